The van der Waals surface area contributed by atoms with Gasteiger partial charge in [0.25, 0.3) is 0 Å². The Balaban J connectivity index is 1.52. The van der Waals surface area contributed by atoms with Crippen molar-refractivity contribution in [1.29, 1.82) is 5.26 Å². The molecule has 2 aliphatic rings. The minimum absolute atomic E-state index is 0.0903. The summed E-state index contributed by atoms with van der Waals surface area (Å²) in [5.41, 5.74) is 0.710. The van der Waals surface area contributed by atoms with E-state index in [-0.39, 0.29) is 34.6 Å². The second-order valence-corrected chi connectivity index (χ2v) is 12.7. The van der Waals surface area contributed by atoms with Crippen molar-refractivity contribution >= 4 is 26.8 Å². The number of pyridine rings is 1. The summed E-state index contributed by atoms with van der Waals surface area (Å²) in [4.78, 5) is 4.68. The number of hydrogen-bond acceptors (Lipinski definition) is 8. The fraction of sp³-hybridized carbons (Fsp3) is 0.448. The summed E-state index contributed by atoms with van der Waals surface area (Å²) in [6.45, 7) is 6.42. The topological polar surface area (TPSA) is 126 Å². The number of piperidine rings is 1. The van der Waals surface area contributed by atoms with Crippen LogP contribution in [0.25, 0.3) is 10.9 Å². The van der Waals surface area contributed by atoms with Crippen LogP contribution in [0.3, 0.4) is 0 Å². The van der Waals surface area contributed by atoms with E-state index in [9.17, 15) is 18.1 Å². The van der Waals surface area contributed by atoms with Gasteiger partial charge in [-0.2, -0.15) is 18.0 Å². The first-order valence-corrected chi connectivity index (χ1v) is 15.0. The second-order valence-electron chi connectivity index (χ2n) is 10.9. The number of hydrogen-bond donors (Lipinski definition) is 2. The molecule has 2 N–H and O–H groups in total. The van der Waals surface area contributed by atoms with Crippen LogP contribution in [0.1, 0.15) is 44.2 Å². The molecule has 3 aromatic rings. The summed E-state index contributed by atoms with van der Waals surface area (Å²) < 4.78 is 61.8. The first kappa shape index (κ1) is 29.0. The lowest BCUT2D eigenvalue weighted by molar-refractivity contribution is -0.0199. The summed E-state index contributed by atoms with van der Waals surface area (Å²) in [7, 11) is -0.958. The zero-order chi connectivity index (χ0) is 29.4. The quantitative estimate of drug-likeness (QED) is 0.398. The Labute approximate surface area is 239 Å². The van der Waals surface area contributed by atoms with E-state index >= 15 is 0 Å². The highest BCUT2D eigenvalue weighted by molar-refractivity contribution is 7.90. The first-order chi connectivity index (χ1) is 19.5. The third-order valence-corrected chi connectivity index (χ3v) is 9.66. The van der Waals surface area contributed by atoms with Gasteiger partial charge in [-0.25, -0.2) is 4.39 Å². The van der Waals surface area contributed by atoms with Crippen molar-refractivity contribution in [1.82, 2.24) is 14.6 Å². The molecule has 1 atom stereocenters. The van der Waals surface area contributed by atoms with Gasteiger partial charge in [0.05, 0.1) is 30.5 Å². The average Bonchev–Trinajstić information content (AvgIpc) is 3.29. The SMILES string of the molecule is CCN(C)S(=O)(=O)Nc1ccc(F)c(Oc2ccc3ncc([C@]4(C)COC5(CCNCC5)C4)c(OC)c3c2)c1C#N. The minimum atomic E-state index is -3.95. The molecule has 1 aromatic heterocycles. The summed E-state index contributed by atoms with van der Waals surface area (Å²) in [5, 5.41) is 13.9. The number of benzene rings is 2. The summed E-state index contributed by atoms with van der Waals surface area (Å²) in [6, 6.07) is 9.15. The van der Waals surface area contributed by atoms with Gasteiger partial charge in [0.2, 0.25) is 0 Å². The normalized spacial score (nSPS) is 20.3. The molecular formula is C29H34FN5O5S. The van der Waals surface area contributed by atoms with Crippen LogP contribution in [-0.4, -0.2) is 63.7 Å². The maximum Gasteiger partial charge on any atom is 0.301 e. The highest BCUT2D eigenvalue weighted by Crippen LogP contribution is 2.49. The van der Waals surface area contributed by atoms with Crippen molar-refractivity contribution in [3.8, 4) is 23.3 Å². The molecule has 0 amide bonds. The smallest absolute Gasteiger partial charge is 0.301 e. The van der Waals surface area contributed by atoms with E-state index in [1.807, 2.05) is 12.3 Å². The predicted octanol–water partition coefficient (Wildman–Crippen LogP) is 4.46. The standard InChI is InChI=1S/C29H34FN5O5S/c1-5-35(3)41(36,37)34-25-9-7-23(30)27(21(25)15-31)40-19-6-8-24-20(14-19)26(38-4)22(16-33-24)28(2)17-29(39-18-28)10-12-32-13-11-29/h6-9,14,16,32,34H,5,10-13,17-18H2,1-4H3/t28-/m0/s1. The van der Waals surface area contributed by atoms with Gasteiger partial charge in [-0.3, -0.25) is 9.71 Å². The monoisotopic (exact) mass is 583 g/mol. The molecule has 2 aliphatic heterocycles. The number of nitrogens with one attached hydrogen (secondary N) is 2. The Kier molecular flexibility index (Phi) is 7.82. The van der Waals surface area contributed by atoms with Gasteiger partial charge in [-0.15, -0.1) is 0 Å². The van der Waals surface area contributed by atoms with Gasteiger partial charge in [-0.05, 0) is 62.7 Å². The van der Waals surface area contributed by atoms with Gasteiger partial charge in [0.1, 0.15) is 23.1 Å². The molecule has 10 nitrogen and oxygen atoms in total. The van der Waals surface area contributed by atoms with E-state index in [1.165, 1.54) is 13.1 Å². The highest BCUT2D eigenvalue weighted by atomic mass is 32.2. The van der Waals surface area contributed by atoms with E-state index in [4.69, 9.17) is 14.2 Å². The molecule has 0 bridgehead atoms. The van der Waals surface area contributed by atoms with Crippen molar-refractivity contribution in [2.45, 2.75) is 44.1 Å². The number of rotatable bonds is 8. The third kappa shape index (κ3) is 5.42. The van der Waals surface area contributed by atoms with Crippen molar-refractivity contribution in [3.63, 3.8) is 0 Å². The Morgan fingerprint density at radius 3 is 2.68 bits per heavy atom. The molecule has 2 aromatic carbocycles. The summed E-state index contributed by atoms with van der Waals surface area (Å²) in [6.07, 6.45) is 4.57. The molecule has 0 unspecified atom stereocenters. The number of nitriles is 1. The number of halogens is 1. The van der Waals surface area contributed by atoms with E-state index in [0.717, 1.165) is 48.3 Å². The largest absolute Gasteiger partial charge is 0.496 e. The molecule has 0 radical (unpaired) electrons. The van der Waals surface area contributed by atoms with Gasteiger partial charge in [-0.1, -0.05) is 13.8 Å². The van der Waals surface area contributed by atoms with Crippen LogP contribution in [0, 0.1) is 17.1 Å². The Morgan fingerprint density at radius 1 is 1.24 bits per heavy atom. The fourth-order valence-corrected chi connectivity index (χ4v) is 6.66. The van der Waals surface area contributed by atoms with Crippen LogP contribution in [0.5, 0.6) is 17.2 Å². The zero-order valence-electron chi connectivity index (χ0n) is 23.6. The number of methoxy groups -OCH3 is 1. The number of aromatic nitrogens is 1. The molecule has 1 spiro atoms. The highest BCUT2D eigenvalue weighted by Gasteiger charge is 2.49. The lowest BCUT2D eigenvalue weighted by Crippen LogP contribution is -2.42. The molecule has 5 rings (SSSR count). The number of anilines is 1. The molecule has 2 fully saturated rings. The first-order valence-electron chi connectivity index (χ1n) is 13.5. The van der Waals surface area contributed by atoms with E-state index in [1.54, 1.807) is 32.2 Å². The number of ether oxygens (including phenoxy) is 3. The van der Waals surface area contributed by atoms with Crippen LogP contribution in [-0.2, 0) is 20.4 Å². The Morgan fingerprint density at radius 2 is 2.00 bits per heavy atom. The van der Waals surface area contributed by atoms with Crippen LogP contribution < -0.4 is 19.5 Å². The van der Waals surface area contributed by atoms with Crippen LogP contribution in [0.15, 0.2) is 36.5 Å². The Bertz CT molecular complexity index is 1620. The summed E-state index contributed by atoms with van der Waals surface area (Å²) in [5.74, 6) is -0.338. The molecule has 0 aliphatic carbocycles. The molecule has 3 heterocycles. The van der Waals surface area contributed by atoms with Gasteiger partial charge in [0.15, 0.2) is 11.6 Å². The van der Waals surface area contributed by atoms with Crippen molar-refractivity contribution in [2.24, 2.45) is 0 Å². The van der Waals surface area contributed by atoms with Gasteiger partial charge < -0.3 is 19.5 Å². The lowest BCUT2D eigenvalue weighted by Gasteiger charge is -2.34. The molecule has 2 saturated heterocycles. The zero-order valence-corrected chi connectivity index (χ0v) is 24.4. The van der Waals surface area contributed by atoms with Crippen LogP contribution >= 0.6 is 0 Å². The van der Waals surface area contributed by atoms with Crippen LogP contribution in [0.4, 0.5) is 10.1 Å². The molecule has 41 heavy (non-hydrogen) atoms. The number of fused-ring (bicyclic) bond motifs is 1. The van der Waals surface area contributed by atoms with Gasteiger partial charge >= 0.3 is 10.2 Å². The van der Waals surface area contributed by atoms with Gasteiger partial charge in [0, 0.05) is 36.2 Å². The molecule has 12 heteroatoms. The maximum absolute atomic E-state index is 15.0. The van der Waals surface area contributed by atoms with E-state index < -0.39 is 21.8 Å². The number of nitrogens with zero attached hydrogens (tertiary/aromatic N) is 3. The predicted molar refractivity (Wildman–Crippen MR) is 153 cm³/mol. The Hall–Kier alpha value is -3.50. The van der Waals surface area contributed by atoms with Crippen molar-refractivity contribution in [3.05, 3.63) is 53.5 Å². The molecular weight excluding hydrogens is 549 g/mol. The summed E-state index contributed by atoms with van der Waals surface area (Å²) >= 11 is 0. The van der Waals surface area contributed by atoms with Crippen molar-refractivity contribution < 1.29 is 27.0 Å². The maximum atomic E-state index is 15.0. The van der Waals surface area contributed by atoms with Crippen LogP contribution in [0.2, 0.25) is 0 Å². The average molecular weight is 584 g/mol. The van der Waals surface area contributed by atoms with Crippen molar-refractivity contribution in [2.75, 3.05) is 45.1 Å². The second kappa shape index (κ2) is 11.1. The molecule has 218 valence electrons. The lowest BCUT2D eigenvalue weighted by atomic mass is 9.74. The molecule has 0 saturated carbocycles. The van der Waals surface area contributed by atoms with E-state index in [0.29, 0.717) is 23.3 Å². The van der Waals surface area contributed by atoms with E-state index in [2.05, 4.69) is 21.9 Å². The third-order valence-electron chi connectivity index (χ3n) is 8.10. The minimum Gasteiger partial charge on any atom is -0.496 e. The fourth-order valence-electron chi connectivity index (χ4n) is 5.72.